The van der Waals surface area contributed by atoms with Crippen LogP contribution in [0.15, 0.2) is 53.4 Å². The topological polar surface area (TPSA) is 76.7 Å². The second-order valence-corrected chi connectivity index (χ2v) is 7.18. The molecule has 0 unspecified atom stereocenters. The fourth-order valence-electron chi connectivity index (χ4n) is 2.33. The Bertz CT molecular complexity index is 913. The molecule has 0 atom stereocenters. The van der Waals surface area contributed by atoms with Crippen LogP contribution in [0, 0.1) is 0 Å². The Balaban J connectivity index is 1.66. The number of rotatable bonds is 6. The standard InChI is InChI=1S/C19H16N2O4S2/c1-24-15-9-12(10-16-18(23)21-19(26)27-16)7-8-14(15)25-11-17(22)20-13-5-3-2-4-6-13/h2-10H,11H2,1H3,(H,20,22)(H,21,23,26)/b16-10-. The number of para-hydroxylation sites is 1. The van der Waals surface area contributed by atoms with Crippen LogP contribution in [0.2, 0.25) is 0 Å². The normalized spacial score (nSPS) is 14.8. The first-order valence-electron chi connectivity index (χ1n) is 7.96. The SMILES string of the molecule is COc1cc(/C=C2\SC(=S)NC2=O)ccc1OCC(=O)Nc1ccccc1. The number of methoxy groups -OCH3 is 1. The molecule has 6 nitrogen and oxygen atoms in total. The number of nitrogens with one attached hydrogen (secondary N) is 2. The Hall–Kier alpha value is -2.84. The van der Waals surface area contributed by atoms with E-state index in [2.05, 4.69) is 10.6 Å². The first-order valence-corrected chi connectivity index (χ1v) is 9.18. The van der Waals surface area contributed by atoms with E-state index in [1.165, 1.54) is 18.9 Å². The van der Waals surface area contributed by atoms with Gasteiger partial charge < -0.3 is 20.1 Å². The van der Waals surface area contributed by atoms with Crippen LogP contribution in [-0.4, -0.2) is 29.9 Å². The van der Waals surface area contributed by atoms with E-state index in [4.69, 9.17) is 21.7 Å². The molecule has 2 aromatic carbocycles. The summed E-state index contributed by atoms with van der Waals surface area (Å²) in [6.07, 6.45) is 1.72. The van der Waals surface area contributed by atoms with Crippen LogP contribution in [0.1, 0.15) is 5.56 Å². The maximum atomic E-state index is 12.0. The molecule has 0 aromatic heterocycles. The summed E-state index contributed by atoms with van der Waals surface area (Å²) < 4.78 is 11.3. The number of amides is 2. The average molecular weight is 400 g/mol. The number of anilines is 1. The van der Waals surface area contributed by atoms with E-state index in [0.717, 1.165) is 5.56 Å². The third-order valence-corrected chi connectivity index (χ3v) is 4.71. The summed E-state index contributed by atoms with van der Waals surface area (Å²) in [5.41, 5.74) is 1.46. The summed E-state index contributed by atoms with van der Waals surface area (Å²) in [7, 11) is 1.51. The van der Waals surface area contributed by atoms with Gasteiger partial charge in [-0.3, -0.25) is 9.59 Å². The highest BCUT2D eigenvalue weighted by Gasteiger charge is 2.22. The van der Waals surface area contributed by atoms with Gasteiger partial charge in [-0.05, 0) is 35.9 Å². The average Bonchev–Trinajstić information content (AvgIpc) is 2.98. The van der Waals surface area contributed by atoms with Gasteiger partial charge in [0.05, 0.1) is 12.0 Å². The Morgan fingerprint density at radius 3 is 2.67 bits per heavy atom. The van der Waals surface area contributed by atoms with Gasteiger partial charge in [-0.1, -0.05) is 48.2 Å². The van der Waals surface area contributed by atoms with Gasteiger partial charge in [0.2, 0.25) is 0 Å². The summed E-state index contributed by atoms with van der Waals surface area (Å²) in [5.74, 6) is 0.397. The number of benzene rings is 2. The maximum absolute atomic E-state index is 12.0. The number of carbonyl (C=O) groups is 2. The smallest absolute Gasteiger partial charge is 0.263 e. The van der Waals surface area contributed by atoms with E-state index in [1.807, 2.05) is 18.2 Å². The molecule has 27 heavy (non-hydrogen) atoms. The molecule has 2 aromatic rings. The molecule has 0 radical (unpaired) electrons. The molecule has 2 N–H and O–H groups in total. The number of hydrogen-bond acceptors (Lipinski definition) is 6. The zero-order valence-electron chi connectivity index (χ0n) is 14.4. The second-order valence-electron chi connectivity index (χ2n) is 5.47. The van der Waals surface area contributed by atoms with Crippen molar-refractivity contribution in [3.8, 4) is 11.5 Å². The molecule has 2 amide bonds. The van der Waals surface area contributed by atoms with Crippen molar-refractivity contribution in [2.45, 2.75) is 0 Å². The Labute approximate surface area is 165 Å². The van der Waals surface area contributed by atoms with Gasteiger partial charge in [0.15, 0.2) is 18.1 Å². The van der Waals surface area contributed by atoms with Crippen molar-refractivity contribution in [3.05, 3.63) is 59.0 Å². The van der Waals surface area contributed by atoms with Gasteiger partial charge in [0.25, 0.3) is 11.8 Å². The predicted molar refractivity (Wildman–Crippen MR) is 110 cm³/mol. The molecule has 1 aliphatic rings. The van der Waals surface area contributed by atoms with E-state index < -0.39 is 0 Å². The Kier molecular flexibility index (Phi) is 6.10. The number of hydrogen-bond donors (Lipinski definition) is 2. The largest absolute Gasteiger partial charge is 0.493 e. The van der Waals surface area contributed by atoms with E-state index in [0.29, 0.717) is 26.4 Å². The van der Waals surface area contributed by atoms with Crippen LogP contribution < -0.4 is 20.1 Å². The molecule has 1 heterocycles. The van der Waals surface area contributed by atoms with Crippen LogP contribution in [-0.2, 0) is 9.59 Å². The first kappa shape index (κ1) is 18.9. The van der Waals surface area contributed by atoms with Crippen LogP contribution in [0.3, 0.4) is 0 Å². The summed E-state index contributed by atoms with van der Waals surface area (Å²) in [6.45, 7) is -0.155. The lowest BCUT2D eigenvalue weighted by molar-refractivity contribution is -0.118. The van der Waals surface area contributed by atoms with Crippen molar-refractivity contribution < 1.29 is 19.1 Å². The molecule has 1 saturated heterocycles. The fourth-order valence-corrected chi connectivity index (χ4v) is 3.37. The highest BCUT2D eigenvalue weighted by atomic mass is 32.2. The quantitative estimate of drug-likeness (QED) is 0.573. The lowest BCUT2D eigenvalue weighted by Gasteiger charge is -2.11. The highest BCUT2D eigenvalue weighted by molar-refractivity contribution is 8.26. The molecule has 0 aliphatic carbocycles. The predicted octanol–water partition coefficient (Wildman–Crippen LogP) is 3.20. The van der Waals surface area contributed by atoms with Crippen molar-refractivity contribution in [1.29, 1.82) is 0 Å². The first-order chi connectivity index (χ1) is 13.0. The van der Waals surface area contributed by atoms with Crippen LogP contribution >= 0.6 is 24.0 Å². The zero-order chi connectivity index (χ0) is 19.2. The van der Waals surface area contributed by atoms with E-state index in [-0.39, 0.29) is 18.4 Å². The fraction of sp³-hybridized carbons (Fsp3) is 0.105. The van der Waals surface area contributed by atoms with Crippen LogP contribution in [0.25, 0.3) is 6.08 Å². The van der Waals surface area contributed by atoms with Crippen molar-refractivity contribution >= 4 is 51.9 Å². The minimum atomic E-state index is -0.276. The number of thioether (sulfide) groups is 1. The van der Waals surface area contributed by atoms with E-state index in [1.54, 1.807) is 36.4 Å². The van der Waals surface area contributed by atoms with Crippen molar-refractivity contribution in [3.63, 3.8) is 0 Å². The van der Waals surface area contributed by atoms with Crippen molar-refractivity contribution in [2.75, 3.05) is 19.0 Å². The summed E-state index contributed by atoms with van der Waals surface area (Å²) in [6, 6.07) is 14.3. The number of thiocarbonyl (C=S) groups is 1. The maximum Gasteiger partial charge on any atom is 0.263 e. The minimum absolute atomic E-state index is 0.155. The Morgan fingerprint density at radius 2 is 2.00 bits per heavy atom. The lowest BCUT2D eigenvalue weighted by Crippen LogP contribution is -2.20. The molecule has 1 fully saturated rings. The molecular formula is C19H16N2O4S2. The Morgan fingerprint density at radius 1 is 1.22 bits per heavy atom. The molecular weight excluding hydrogens is 384 g/mol. The summed E-state index contributed by atoms with van der Waals surface area (Å²) in [5, 5.41) is 5.31. The number of carbonyl (C=O) groups excluding carboxylic acids is 2. The third-order valence-electron chi connectivity index (χ3n) is 3.54. The third kappa shape index (κ3) is 5.08. The van der Waals surface area contributed by atoms with Gasteiger partial charge in [0.1, 0.15) is 4.32 Å². The van der Waals surface area contributed by atoms with Gasteiger partial charge >= 0.3 is 0 Å². The molecule has 0 saturated carbocycles. The van der Waals surface area contributed by atoms with Crippen molar-refractivity contribution in [1.82, 2.24) is 5.32 Å². The molecule has 1 aliphatic heterocycles. The monoisotopic (exact) mass is 400 g/mol. The van der Waals surface area contributed by atoms with Crippen molar-refractivity contribution in [2.24, 2.45) is 0 Å². The van der Waals surface area contributed by atoms with E-state index >= 15 is 0 Å². The highest BCUT2D eigenvalue weighted by Crippen LogP contribution is 2.31. The van der Waals surface area contributed by atoms with Gasteiger partial charge in [-0.25, -0.2) is 0 Å². The lowest BCUT2D eigenvalue weighted by atomic mass is 10.2. The number of ether oxygens (including phenoxy) is 2. The van der Waals surface area contributed by atoms with Crippen LogP contribution in [0.5, 0.6) is 11.5 Å². The summed E-state index contributed by atoms with van der Waals surface area (Å²) >= 11 is 6.18. The van der Waals surface area contributed by atoms with Gasteiger partial charge in [-0.15, -0.1) is 0 Å². The summed E-state index contributed by atoms with van der Waals surface area (Å²) in [4.78, 5) is 24.3. The van der Waals surface area contributed by atoms with Gasteiger partial charge in [-0.2, -0.15) is 0 Å². The minimum Gasteiger partial charge on any atom is -0.493 e. The van der Waals surface area contributed by atoms with Crippen LogP contribution in [0.4, 0.5) is 5.69 Å². The molecule has 8 heteroatoms. The van der Waals surface area contributed by atoms with Gasteiger partial charge in [0, 0.05) is 5.69 Å². The molecule has 0 bridgehead atoms. The molecule has 3 rings (SSSR count). The molecule has 0 spiro atoms. The molecule has 138 valence electrons. The van der Waals surface area contributed by atoms with E-state index in [9.17, 15) is 9.59 Å². The second kappa shape index (κ2) is 8.70. The zero-order valence-corrected chi connectivity index (χ0v) is 16.0.